The van der Waals surface area contributed by atoms with Gasteiger partial charge in [-0.25, -0.2) is 0 Å². The summed E-state index contributed by atoms with van der Waals surface area (Å²) in [6.45, 7) is -0.500. The van der Waals surface area contributed by atoms with Crippen molar-refractivity contribution in [2.75, 3.05) is 0 Å². The van der Waals surface area contributed by atoms with E-state index in [0.29, 0.717) is 0 Å². The Morgan fingerprint density at radius 3 is 1.05 bits per heavy atom. The Hall–Kier alpha value is -2.07. The van der Waals surface area contributed by atoms with E-state index in [1.807, 2.05) is 0 Å². The average Bonchev–Trinajstić information content (AvgIpc) is 2.59. The summed E-state index contributed by atoms with van der Waals surface area (Å²) in [7, 11) is 0. The van der Waals surface area contributed by atoms with Crippen LogP contribution in [0, 0.1) is 0 Å². The van der Waals surface area contributed by atoms with E-state index in [0.717, 1.165) is 0 Å². The molecule has 3 aromatic rings. The van der Waals surface area contributed by atoms with Crippen LogP contribution in [0.2, 0.25) is 0 Å². The first-order valence-corrected chi connectivity index (χ1v) is 11.2. The van der Waals surface area contributed by atoms with Gasteiger partial charge in [-0.3, -0.25) is 0 Å². The molecule has 0 spiro atoms. The number of carboxylic acid groups (broad SMARTS) is 1. The predicted octanol–water partition coefficient (Wildman–Crippen LogP) is 0.569. The van der Waals surface area contributed by atoms with Crippen molar-refractivity contribution in [2.45, 2.75) is 0 Å². The summed E-state index contributed by atoms with van der Waals surface area (Å²) in [5.74, 6) is 0. The Kier molecular flexibility index (Phi) is 6.71. The second-order valence-corrected chi connectivity index (χ2v) is 11.7. The zero-order valence-electron chi connectivity index (χ0n) is 12.1. The fourth-order valence-electron chi connectivity index (χ4n) is 2.31. The molecule has 0 fully saturated rings. The summed E-state index contributed by atoms with van der Waals surface area (Å²) in [4.78, 5) is 8.25. The molecule has 0 N–H and O–H groups in total. The first kappa shape index (κ1) is 16.3. The molecule has 3 rings (SSSR count). The van der Waals surface area contributed by atoms with Crippen molar-refractivity contribution < 1.29 is 9.90 Å². The molecule has 0 amide bonds. The van der Waals surface area contributed by atoms with Gasteiger partial charge in [-0.2, -0.15) is 0 Å². The SMILES string of the molecule is O=C[O-].c1cc[c]([Sn]([c]2ccccc2)[c]2ccccc2)cc1. The summed E-state index contributed by atoms with van der Waals surface area (Å²) >= 11 is -1.98. The van der Waals surface area contributed by atoms with Crippen molar-refractivity contribution in [3.63, 3.8) is 0 Å². The standard InChI is InChI=1S/3C6H5.CH2O2.Sn/c3*1-2-4-6-5-3-1;2-1-3;/h3*1-5H;1H,(H,2,3);/p-1. The van der Waals surface area contributed by atoms with Gasteiger partial charge >= 0.3 is 121 Å². The van der Waals surface area contributed by atoms with Crippen LogP contribution in [0.15, 0.2) is 91.0 Å². The van der Waals surface area contributed by atoms with Crippen LogP contribution in [0.3, 0.4) is 0 Å². The van der Waals surface area contributed by atoms with Gasteiger partial charge < -0.3 is 9.90 Å². The average molecular weight is 395 g/mol. The minimum atomic E-state index is -1.98. The quantitative estimate of drug-likeness (QED) is 0.481. The summed E-state index contributed by atoms with van der Waals surface area (Å²) in [5.41, 5.74) is 0. The van der Waals surface area contributed by atoms with E-state index in [2.05, 4.69) is 91.0 Å². The molecule has 2 nitrogen and oxygen atoms in total. The number of carbonyl (C=O) groups excluding carboxylic acids is 1. The Morgan fingerprint density at radius 2 is 0.818 bits per heavy atom. The predicted molar refractivity (Wildman–Crippen MR) is 90.0 cm³/mol. The summed E-state index contributed by atoms with van der Waals surface area (Å²) in [6.07, 6.45) is 0. The Labute approximate surface area is 137 Å². The molecule has 109 valence electrons. The maximum atomic E-state index is 8.25. The number of carbonyl (C=O) groups is 1. The first-order chi connectivity index (χ1) is 10.9. The molecule has 22 heavy (non-hydrogen) atoms. The van der Waals surface area contributed by atoms with Gasteiger partial charge in [0, 0.05) is 6.47 Å². The second-order valence-electron chi connectivity index (χ2n) is 4.57. The molecule has 0 aromatic heterocycles. The van der Waals surface area contributed by atoms with Crippen molar-refractivity contribution in [3.8, 4) is 0 Å². The van der Waals surface area contributed by atoms with Crippen LogP contribution in [-0.2, 0) is 4.79 Å². The van der Waals surface area contributed by atoms with Gasteiger partial charge in [0.2, 0.25) is 0 Å². The molecular weight excluding hydrogens is 379 g/mol. The number of hydrogen-bond acceptors (Lipinski definition) is 2. The Morgan fingerprint density at radius 1 is 0.591 bits per heavy atom. The van der Waals surface area contributed by atoms with Crippen molar-refractivity contribution >= 4 is 37.0 Å². The molecule has 0 heterocycles. The van der Waals surface area contributed by atoms with E-state index in [-0.39, 0.29) is 0 Å². The van der Waals surface area contributed by atoms with Crippen molar-refractivity contribution in [1.82, 2.24) is 0 Å². The third kappa shape index (κ3) is 4.46. The molecule has 3 aromatic carbocycles. The summed E-state index contributed by atoms with van der Waals surface area (Å²) in [6, 6.07) is 32.9. The van der Waals surface area contributed by atoms with Crippen molar-refractivity contribution in [2.24, 2.45) is 0 Å². The Balaban J connectivity index is 0.000000545. The molecule has 0 aliphatic rings. The van der Waals surface area contributed by atoms with Gasteiger partial charge in [-0.05, 0) is 0 Å². The van der Waals surface area contributed by atoms with Crippen LogP contribution in [0.5, 0.6) is 0 Å². The summed E-state index contributed by atoms with van der Waals surface area (Å²) in [5, 5.41) is 8.25. The van der Waals surface area contributed by atoms with Gasteiger partial charge in [-0.1, -0.05) is 0 Å². The van der Waals surface area contributed by atoms with Gasteiger partial charge in [0.1, 0.15) is 0 Å². The number of hydrogen-bond donors (Lipinski definition) is 0. The molecule has 3 heteroatoms. The maximum absolute atomic E-state index is 8.25. The van der Waals surface area contributed by atoms with Crippen LogP contribution in [0.4, 0.5) is 0 Å². The third-order valence-corrected chi connectivity index (χ3v) is 11.0. The second kappa shape index (κ2) is 9.05. The van der Waals surface area contributed by atoms with E-state index in [1.54, 1.807) is 0 Å². The van der Waals surface area contributed by atoms with Crippen molar-refractivity contribution in [3.05, 3.63) is 91.0 Å². The van der Waals surface area contributed by atoms with E-state index in [4.69, 9.17) is 9.90 Å². The third-order valence-electron chi connectivity index (χ3n) is 3.19. The van der Waals surface area contributed by atoms with Gasteiger partial charge in [-0.15, -0.1) is 0 Å². The topological polar surface area (TPSA) is 40.1 Å². The molecule has 0 atom stereocenters. The van der Waals surface area contributed by atoms with Gasteiger partial charge in [0.15, 0.2) is 0 Å². The van der Waals surface area contributed by atoms with Crippen LogP contribution in [-0.4, -0.2) is 26.2 Å². The van der Waals surface area contributed by atoms with Gasteiger partial charge in [0.05, 0.1) is 0 Å². The van der Waals surface area contributed by atoms with Crippen LogP contribution >= 0.6 is 0 Å². The molecule has 0 bridgehead atoms. The monoisotopic (exact) mass is 396 g/mol. The number of rotatable bonds is 3. The van der Waals surface area contributed by atoms with Crippen LogP contribution < -0.4 is 15.8 Å². The van der Waals surface area contributed by atoms with Crippen LogP contribution in [0.1, 0.15) is 0 Å². The zero-order valence-corrected chi connectivity index (χ0v) is 14.9. The fraction of sp³-hybridized carbons (Fsp3) is 0. The number of benzene rings is 3. The van der Waals surface area contributed by atoms with Crippen LogP contribution in [0.25, 0.3) is 0 Å². The van der Waals surface area contributed by atoms with E-state index in [1.165, 1.54) is 10.7 Å². The molecule has 0 aliphatic heterocycles. The molecule has 1 radical (unpaired) electrons. The zero-order chi connectivity index (χ0) is 15.6. The minimum absolute atomic E-state index is 0.500. The molecule has 0 aliphatic carbocycles. The summed E-state index contributed by atoms with van der Waals surface area (Å²) < 4.78 is 4.59. The van der Waals surface area contributed by atoms with E-state index < -0.39 is 26.2 Å². The Bertz CT molecular complexity index is 576. The first-order valence-electron chi connectivity index (χ1n) is 6.95. The normalized spacial score (nSPS) is 9.68. The van der Waals surface area contributed by atoms with E-state index >= 15 is 0 Å². The molecule has 0 unspecified atom stereocenters. The molecule has 0 saturated heterocycles. The molecular formula is C19H16O2Sn-. The molecule has 0 saturated carbocycles. The van der Waals surface area contributed by atoms with E-state index in [9.17, 15) is 0 Å². The van der Waals surface area contributed by atoms with Gasteiger partial charge in [0.25, 0.3) is 0 Å². The fourth-order valence-corrected chi connectivity index (χ4v) is 9.67. The van der Waals surface area contributed by atoms with Crippen molar-refractivity contribution in [1.29, 1.82) is 0 Å².